The van der Waals surface area contributed by atoms with Crippen LogP contribution in [-0.2, 0) is 0 Å². The van der Waals surface area contributed by atoms with E-state index in [1.165, 1.54) is 19.3 Å². The normalized spacial score (nSPS) is 15.0. The van der Waals surface area contributed by atoms with Crippen LogP contribution in [0.25, 0.3) is 0 Å². The van der Waals surface area contributed by atoms with Crippen LogP contribution < -0.4 is 9.80 Å². The molecule has 0 spiro atoms. The fraction of sp³-hybridized carbons (Fsp3) is 0.438. The standard InChI is InChI=1S/C16H21N5/c1-2-21(14-9-5-3-6-10-14)16-18-15(13-17-19-16)20-11-7-4-8-12-20/h3,5-6,9-10,13H,2,4,7-8,11-12H2,1H3. The molecule has 1 aliphatic rings. The van der Waals surface area contributed by atoms with Crippen LogP contribution in [0, 0.1) is 0 Å². The molecule has 2 aromatic rings. The third-order valence-corrected chi connectivity index (χ3v) is 3.84. The average molecular weight is 283 g/mol. The minimum atomic E-state index is 0.673. The van der Waals surface area contributed by atoms with Crippen molar-refractivity contribution in [1.82, 2.24) is 15.2 Å². The highest BCUT2D eigenvalue weighted by Crippen LogP contribution is 2.23. The molecule has 21 heavy (non-hydrogen) atoms. The van der Waals surface area contributed by atoms with E-state index < -0.39 is 0 Å². The molecule has 0 aliphatic carbocycles. The summed E-state index contributed by atoms with van der Waals surface area (Å²) in [5, 5.41) is 8.38. The lowest BCUT2D eigenvalue weighted by Crippen LogP contribution is -2.31. The number of piperidine rings is 1. The van der Waals surface area contributed by atoms with E-state index in [2.05, 4.69) is 39.1 Å². The third-order valence-electron chi connectivity index (χ3n) is 3.84. The Balaban J connectivity index is 1.87. The largest absolute Gasteiger partial charge is 0.355 e. The van der Waals surface area contributed by atoms with Gasteiger partial charge in [0.1, 0.15) is 0 Å². The van der Waals surface area contributed by atoms with Gasteiger partial charge in [-0.15, -0.1) is 5.10 Å². The Morgan fingerprint density at radius 1 is 1.10 bits per heavy atom. The molecule has 0 amide bonds. The average Bonchev–Trinajstić information content (AvgIpc) is 2.58. The van der Waals surface area contributed by atoms with Crippen molar-refractivity contribution in [3.8, 4) is 0 Å². The van der Waals surface area contributed by atoms with E-state index in [1.54, 1.807) is 6.20 Å². The lowest BCUT2D eigenvalue weighted by Gasteiger charge is -2.28. The Kier molecular flexibility index (Phi) is 4.28. The molecule has 5 nitrogen and oxygen atoms in total. The number of hydrogen-bond donors (Lipinski definition) is 0. The summed E-state index contributed by atoms with van der Waals surface area (Å²) in [7, 11) is 0. The zero-order valence-corrected chi connectivity index (χ0v) is 12.4. The molecule has 0 N–H and O–H groups in total. The second-order valence-corrected chi connectivity index (χ2v) is 5.24. The number of rotatable bonds is 4. The first kappa shape index (κ1) is 13.8. The molecule has 1 aliphatic heterocycles. The van der Waals surface area contributed by atoms with Crippen molar-refractivity contribution >= 4 is 17.5 Å². The molecule has 3 rings (SSSR count). The first-order chi connectivity index (χ1) is 10.4. The minimum absolute atomic E-state index is 0.673. The Morgan fingerprint density at radius 3 is 2.57 bits per heavy atom. The topological polar surface area (TPSA) is 45.2 Å². The predicted octanol–water partition coefficient (Wildman–Crippen LogP) is 3.02. The molecule has 0 unspecified atom stereocenters. The minimum Gasteiger partial charge on any atom is -0.355 e. The van der Waals surface area contributed by atoms with Crippen LogP contribution in [0.5, 0.6) is 0 Å². The maximum Gasteiger partial charge on any atom is 0.251 e. The van der Waals surface area contributed by atoms with Crippen LogP contribution in [0.3, 0.4) is 0 Å². The molecular formula is C16H21N5. The smallest absolute Gasteiger partial charge is 0.251 e. The van der Waals surface area contributed by atoms with Crippen LogP contribution in [-0.4, -0.2) is 34.8 Å². The van der Waals surface area contributed by atoms with Crippen molar-refractivity contribution in [1.29, 1.82) is 0 Å². The van der Waals surface area contributed by atoms with E-state index in [4.69, 9.17) is 4.98 Å². The Morgan fingerprint density at radius 2 is 1.86 bits per heavy atom. The molecule has 2 heterocycles. The maximum atomic E-state index is 4.72. The lowest BCUT2D eigenvalue weighted by atomic mass is 10.1. The molecule has 5 heteroatoms. The molecule has 110 valence electrons. The molecule has 0 radical (unpaired) electrons. The van der Waals surface area contributed by atoms with Gasteiger partial charge in [0.25, 0.3) is 5.95 Å². The zero-order chi connectivity index (χ0) is 14.5. The molecule has 0 bridgehead atoms. The summed E-state index contributed by atoms with van der Waals surface area (Å²) in [6.45, 7) is 5.05. The number of anilines is 3. The number of benzene rings is 1. The number of nitrogens with zero attached hydrogens (tertiary/aromatic N) is 5. The summed E-state index contributed by atoms with van der Waals surface area (Å²) in [5.74, 6) is 1.61. The van der Waals surface area contributed by atoms with Crippen LogP contribution in [0.4, 0.5) is 17.5 Å². The molecule has 1 saturated heterocycles. The van der Waals surface area contributed by atoms with Gasteiger partial charge in [0.2, 0.25) is 0 Å². The second-order valence-electron chi connectivity index (χ2n) is 5.24. The van der Waals surface area contributed by atoms with Crippen LogP contribution in [0.2, 0.25) is 0 Å². The van der Waals surface area contributed by atoms with E-state index >= 15 is 0 Å². The van der Waals surface area contributed by atoms with E-state index in [1.807, 2.05) is 18.2 Å². The maximum absolute atomic E-state index is 4.72. The highest BCUT2D eigenvalue weighted by molar-refractivity contribution is 5.57. The van der Waals surface area contributed by atoms with Crippen LogP contribution in [0.1, 0.15) is 26.2 Å². The highest BCUT2D eigenvalue weighted by atomic mass is 15.3. The van der Waals surface area contributed by atoms with Gasteiger partial charge in [0.05, 0.1) is 6.20 Å². The first-order valence-electron chi connectivity index (χ1n) is 7.65. The first-order valence-corrected chi connectivity index (χ1v) is 7.65. The summed E-state index contributed by atoms with van der Waals surface area (Å²) >= 11 is 0. The van der Waals surface area contributed by atoms with Gasteiger partial charge in [-0.1, -0.05) is 18.2 Å². The summed E-state index contributed by atoms with van der Waals surface area (Å²) in [5.41, 5.74) is 1.09. The quantitative estimate of drug-likeness (QED) is 0.863. The lowest BCUT2D eigenvalue weighted by molar-refractivity contribution is 0.571. The summed E-state index contributed by atoms with van der Waals surface area (Å²) in [6, 6.07) is 10.2. The Labute approximate surface area is 125 Å². The number of hydrogen-bond acceptors (Lipinski definition) is 5. The van der Waals surface area contributed by atoms with Gasteiger partial charge in [0.15, 0.2) is 5.82 Å². The molecule has 0 atom stereocenters. The van der Waals surface area contributed by atoms with Gasteiger partial charge in [-0.25, -0.2) is 0 Å². The van der Waals surface area contributed by atoms with Gasteiger partial charge >= 0.3 is 0 Å². The summed E-state index contributed by atoms with van der Waals surface area (Å²) < 4.78 is 0. The summed E-state index contributed by atoms with van der Waals surface area (Å²) in [6.07, 6.45) is 5.55. The highest BCUT2D eigenvalue weighted by Gasteiger charge is 2.16. The van der Waals surface area contributed by atoms with E-state index in [-0.39, 0.29) is 0 Å². The fourth-order valence-electron chi connectivity index (χ4n) is 2.72. The third kappa shape index (κ3) is 3.12. The van der Waals surface area contributed by atoms with Gasteiger partial charge in [-0.05, 0) is 38.3 Å². The van der Waals surface area contributed by atoms with Gasteiger partial charge in [-0.2, -0.15) is 10.1 Å². The van der Waals surface area contributed by atoms with Gasteiger partial charge in [0, 0.05) is 25.3 Å². The SMILES string of the molecule is CCN(c1ccccc1)c1nncc(N2CCCCC2)n1. The van der Waals surface area contributed by atoms with Crippen molar-refractivity contribution in [3.05, 3.63) is 36.5 Å². The van der Waals surface area contributed by atoms with Crippen molar-refractivity contribution in [3.63, 3.8) is 0 Å². The van der Waals surface area contributed by atoms with Gasteiger partial charge in [-0.3, -0.25) is 0 Å². The number of aromatic nitrogens is 3. The van der Waals surface area contributed by atoms with Crippen molar-refractivity contribution < 1.29 is 0 Å². The van der Waals surface area contributed by atoms with E-state index in [9.17, 15) is 0 Å². The summed E-state index contributed by atoms with van der Waals surface area (Å²) in [4.78, 5) is 9.11. The Bertz CT molecular complexity index is 566. The predicted molar refractivity (Wildman–Crippen MR) is 85.0 cm³/mol. The van der Waals surface area contributed by atoms with Gasteiger partial charge < -0.3 is 9.80 Å². The molecule has 1 fully saturated rings. The van der Waals surface area contributed by atoms with E-state index in [0.29, 0.717) is 5.95 Å². The molecule has 1 aromatic carbocycles. The monoisotopic (exact) mass is 283 g/mol. The fourth-order valence-corrected chi connectivity index (χ4v) is 2.72. The van der Waals surface area contributed by atoms with Crippen molar-refractivity contribution in [2.45, 2.75) is 26.2 Å². The molecule has 1 aromatic heterocycles. The van der Waals surface area contributed by atoms with Crippen molar-refractivity contribution in [2.75, 3.05) is 29.4 Å². The van der Waals surface area contributed by atoms with Crippen LogP contribution in [0.15, 0.2) is 36.5 Å². The van der Waals surface area contributed by atoms with Crippen LogP contribution >= 0.6 is 0 Å². The van der Waals surface area contributed by atoms with E-state index in [0.717, 1.165) is 31.1 Å². The second kappa shape index (κ2) is 6.52. The molecule has 0 saturated carbocycles. The zero-order valence-electron chi connectivity index (χ0n) is 12.4. The Hall–Kier alpha value is -2.17. The number of para-hydroxylation sites is 1. The van der Waals surface area contributed by atoms with Crippen molar-refractivity contribution in [2.24, 2.45) is 0 Å². The molecular weight excluding hydrogens is 262 g/mol.